The molecule has 0 atom stereocenters. The van der Waals surface area contributed by atoms with Crippen LogP contribution in [0.15, 0.2) is 42.5 Å². The molecule has 0 aliphatic carbocycles. The summed E-state index contributed by atoms with van der Waals surface area (Å²) in [6, 6.07) is 10.7. The van der Waals surface area contributed by atoms with Crippen LogP contribution in [0.25, 0.3) is 0 Å². The van der Waals surface area contributed by atoms with Crippen molar-refractivity contribution in [1.29, 1.82) is 0 Å². The van der Waals surface area contributed by atoms with Crippen LogP contribution in [0.4, 0.5) is 20.2 Å². The van der Waals surface area contributed by atoms with Crippen molar-refractivity contribution < 1.29 is 13.5 Å². The monoisotopic (exact) mass is 278 g/mol. The van der Waals surface area contributed by atoms with Gasteiger partial charge in [-0.15, -0.1) is 0 Å². The topological polar surface area (TPSA) is 38.5 Å². The first kappa shape index (κ1) is 14.1. The van der Waals surface area contributed by atoms with Crippen LogP contribution in [0.3, 0.4) is 0 Å². The zero-order valence-corrected chi connectivity index (χ0v) is 11.1. The van der Waals surface area contributed by atoms with Crippen LogP contribution in [-0.2, 0) is 0 Å². The molecule has 0 saturated heterocycles. The number of nitrogens with two attached hydrogens (primary N) is 1. The minimum atomic E-state index is -0.694. The van der Waals surface area contributed by atoms with E-state index in [0.717, 1.165) is 11.8 Å². The molecule has 106 valence electrons. The molecule has 0 bridgehead atoms. The normalized spacial score (nSPS) is 10.3. The summed E-state index contributed by atoms with van der Waals surface area (Å²) in [6.45, 7) is 0.865. The van der Waals surface area contributed by atoms with Crippen LogP contribution >= 0.6 is 0 Å². The Kier molecular flexibility index (Phi) is 4.40. The van der Waals surface area contributed by atoms with E-state index >= 15 is 0 Å². The lowest BCUT2D eigenvalue weighted by atomic mass is 10.2. The second-order valence-corrected chi connectivity index (χ2v) is 4.44. The summed E-state index contributed by atoms with van der Waals surface area (Å²) in [5, 5.41) is 0. The first-order valence-corrected chi connectivity index (χ1v) is 6.21. The Bertz CT molecular complexity index is 573. The Morgan fingerprint density at radius 2 is 1.80 bits per heavy atom. The first-order valence-electron chi connectivity index (χ1n) is 6.21. The van der Waals surface area contributed by atoms with Gasteiger partial charge in [0.15, 0.2) is 11.6 Å². The van der Waals surface area contributed by atoms with Gasteiger partial charge in [0.25, 0.3) is 0 Å². The van der Waals surface area contributed by atoms with Gasteiger partial charge >= 0.3 is 0 Å². The number of rotatable bonds is 5. The minimum Gasteiger partial charge on any atom is -0.489 e. The molecule has 0 aromatic heterocycles. The van der Waals surface area contributed by atoms with E-state index < -0.39 is 11.6 Å². The van der Waals surface area contributed by atoms with Gasteiger partial charge in [0.1, 0.15) is 12.4 Å². The van der Waals surface area contributed by atoms with Crippen LogP contribution < -0.4 is 15.4 Å². The zero-order chi connectivity index (χ0) is 14.5. The molecule has 0 spiro atoms. The van der Waals surface area contributed by atoms with Gasteiger partial charge < -0.3 is 15.4 Å². The average molecular weight is 278 g/mol. The maximum absolute atomic E-state index is 13.3. The molecule has 0 amide bonds. The molecule has 0 aliphatic heterocycles. The molecule has 2 N–H and O–H groups in total. The fourth-order valence-electron chi connectivity index (χ4n) is 1.74. The van der Waals surface area contributed by atoms with Crippen molar-refractivity contribution in [3.63, 3.8) is 0 Å². The van der Waals surface area contributed by atoms with Crippen LogP contribution in [0.2, 0.25) is 0 Å². The van der Waals surface area contributed by atoms with Gasteiger partial charge in [-0.3, -0.25) is 0 Å². The Morgan fingerprint density at radius 1 is 1.10 bits per heavy atom. The molecule has 2 aromatic rings. The quantitative estimate of drug-likeness (QED) is 0.854. The smallest absolute Gasteiger partial charge is 0.167 e. The van der Waals surface area contributed by atoms with E-state index in [1.807, 2.05) is 36.2 Å². The number of likely N-dealkylation sites (N-methyl/N-ethyl adjacent to an activating group) is 1. The number of nitrogens with zero attached hydrogens (tertiary/aromatic N) is 1. The molecule has 2 aromatic carbocycles. The molecule has 0 saturated carbocycles. The van der Waals surface area contributed by atoms with E-state index in [1.165, 1.54) is 12.1 Å². The second-order valence-electron chi connectivity index (χ2n) is 4.44. The van der Waals surface area contributed by atoms with Crippen molar-refractivity contribution in [3.05, 3.63) is 54.1 Å². The Balaban J connectivity index is 1.87. The number of hydrogen-bond donors (Lipinski definition) is 1. The lowest BCUT2D eigenvalue weighted by Crippen LogP contribution is -2.23. The highest BCUT2D eigenvalue weighted by atomic mass is 19.1. The maximum Gasteiger partial charge on any atom is 0.167 e. The van der Waals surface area contributed by atoms with Gasteiger partial charge in [-0.1, -0.05) is 0 Å². The fraction of sp³-hybridized carbons (Fsp3) is 0.200. The third kappa shape index (κ3) is 3.60. The van der Waals surface area contributed by atoms with Crippen LogP contribution in [0.5, 0.6) is 5.75 Å². The SMILES string of the molecule is CN(CCOc1ccc(F)cc1F)c1ccc(N)cc1. The number of halogens is 2. The molecule has 3 nitrogen and oxygen atoms in total. The summed E-state index contributed by atoms with van der Waals surface area (Å²) in [5.74, 6) is -1.26. The highest BCUT2D eigenvalue weighted by molar-refractivity contribution is 5.52. The number of anilines is 2. The Hall–Kier alpha value is -2.30. The predicted octanol–water partition coefficient (Wildman–Crippen LogP) is 3.06. The summed E-state index contributed by atoms with van der Waals surface area (Å²) in [4.78, 5) is 1.96. The molecular formula is C15H16F2N2O. The molecule has 5 heteroatoms. The Morgan fingerprint density at radius 3 is 2.45 bits per heavy atom. The molecular weight excluding hydrogens is 262 g/mol. The van der Waals surface area contributed by atoms with Crippen molar-refractivity contribution in [2.24, 2.45) is 0 Å². The second kappa shape index (κ2) is 6.23. The molecule has 0 fully saturated rings. The molecule has 0 unspecified atom stereocenters. The largest absolute Gasteiger partial charge is 0.489 e. The van der Waals surface area contributed by atoms with E-state index in [1.54, 1.807) is 0 Å². The zero-order valence-electron chi connectivity index (χ0n) is 11.1. The molecule has 2 rings (SSSR count). The van der Waals surface area contributed by atoms with Gasteiger partial charge in [0, 0.05) is 24.5 Å². The molecule has 20 heavy (non-hydrogen) atoms. The van der Waals surface area contributed by atoms with Crippen molar-refractivity contribution in [2.75, 3.05) is 30.8 Å². The van der Waals surface area contributed by atoms with Crippen molar-refractivity contribution >= 4 is 11.4 Å². The van der Waals surface area contributed by atoms with Crippen LogP contribution in [0.1, 0.15) is 0 Å². The molecule has 0 radical (unpaired) electrons. The van der Waals surface area contributed by atoms with Crippen LogP contribution in [0, 0.1) is 11.6 Å². The third-order valence-electron chi connectivity index (χ3n) is 2.91. The summed E-state index contributed by atoms with van der Waals surface area (Å²) >= 11 is 0. The van der Waals surface area contributed by atoms with Crippen molar-refractivity contribution in [2.45, 2.75) is 0 Å². The van der Waals surface area contributed by atoms with Crippen molar-refractivity contribution in [3.8, 4) is 5.75 Å². The minimum absolute atomic E-state index is 0.0529. The van der Waals surface area contributed by atoms with Gasteiger partial charge in [-0.25, -0.2) is 8.78 Å². The van der Waals surface area contributed by atoms with Gasteiger partial charge in [0.2, 0.25) is 0 Å². The highest BCUT2D eigenvalue weighted by Crippen LogP contribution is 2.18. The summed E-state index contributed by atoms with van der Waals surface area (Å²) in [5.41, 5.74) is 7.31. The van der Waals surface area contributed by atoms with E-state index in [-0.39, 0.29) is 5.75 Å². The van der Waals surface area contributed by atoms with E-state index in [4.69, 9.17) is 10.5 Å². The van der Waals surface area contributed by atoms with Gasteiger partial charge in [-0.2, -0.15) is 0 Å². The maximum atomic E-state index is 13.3. The fourth-order valence-corrected chi connectivity index (χ4v) is 1.74. The number of ether oxygens (including phenoxy) is 1. The molecule has 0 heterocycles. The van der Waals surface area contributed by atoms with E-state index in [2.05, 4.69) is 0 Å². The summed E-state index contributed by atoms with van der Waals surface area (Å²) in [7, 11) is 1.90. The van der Waals surface area contributed by atoms with Crippen molar-refractivity contribution in [1.82, 2.24) is 0 Å². The standard InChI is InChI=1S/C15H16F2N2O/c1-19(13-5-3-12(18)4-6-13)8-9-20-15-7-2-11(16)10-14(15)17/h2-7,10H,8-9,18H2,1H3. The summed E-state index contributed by atoms with van der Waals surface area (Å²) < 4.78 is 31.4. The first-order chi connectivity index (χ1) is 9.56. The predicted molar refractivity (Wildman–Crippen MR) is 76.0 cm³/mol. The van der Waals surface area contributed by atoms with E-state index in [9.17, 15) is 8.78 Å². The lowest BCUT2D eigenvalue weighted by molar-refractivity contribution is 0.308. The molecule has 0 aliphatic rings. The highest BCUT2D eigenvalue weighted by Gasteiger charge is 2.06. The average Bonchev–Trinajstić information content (AvgIpc) is 2.42. The van der Waals surface area contributed by atoms with Gasteiger partial charge in [0.05, 0.1) is 6.54 Å². The number of hydrogen-bond acceptors (Lipinski definition) is 3. The van der Waals surface area contributed by atoms with Gasteiger partial charge in [-0.05, 0) is 36.4 Å². The Labute approximate surface area is 116 Å². The number of nitrogen functional groups attached to an aromatic ring is 1. The van der Waals surface area contributed by atoms with E-state index in [0.29, 0.717) is 18.8 Å². The van der Waals surface area contributed by atoms with Crippen LogP contribution in [-0.4, -0.2) is 20.2 Å². The summed E-state index contributed by atoms with van der Waals surface area (Å²) in [6.07, 6.45) is 0. The third-order valence-corrected chi connectivity index (χ3v) is 2.91. The number of benzene rings is 2. The lowest BCUT2D eigenvalue weighted by Gasteiger charge is -2.19.